The molecule has 3 aromatic rings. The number of hydrogen-bond donors (Lipinski definition) is 1. The SMILES string of the molecule is C=CCNC(=O)C(C)Sc1nnc(-c2ccccc2)n1-c1ccc(Cl)cc1. The molecule has 0 aliphatic carbocycles. The number of aromatic nitrogens is 3. The van der Waals surface area contributed by atoms with Gasteiger partial charge < -0.3 is 5.32 Å². The smallest absolute Gasteiger partial charge is 0.233 e. The van der Waals surface area contributed by atoms with Gasteiger partial charge in [0, 0.05) is 22.8 Å². The van der Waals surface area contributed by atoms with Gasteiger partial charge in [0.25, 0.3) is 0 Å². The second-order valence-corrected chi connectivity index (χ2v) is 7.52. The summed E-state index contributed by atoms with van der Waals surface area (Å²) in [6.07, 6.45) is 1.65. The second-order valence-electron chi connectivity index (χ2n) is 5.78. The molecule has 0 saturated carbocycles. The molecule has 2 aromatic carbocycles. The molecular formula is C20H19ClN4OS. The lowest BCUT2D eigenvalue weighted by Crippen LogP contribution is -2.31. The Kier molecular flexibility index (Phi) is 6.32. The molecule has 1 amide bonds. The van der Waals surface area contributed by atoms with Gasteiger partial charge in [-0.05, 0) is 31.2 Å². The van der Waals surface area contributed by atoms with Crippen molar-refractivity contribution in [3.8, 4) is 17.1 Å². The summed E-state index contributed by atoms with van der Waals surface area (Å²) in [5, 5.41) is 12.5. The number of nitrogens with one attached hydrogen (secondary N) is 1. The van der Waals surface area contributed by atoms with Crippen molar-refractivity contribution in [2.45, 2.75) is 17.3 Å². The van der Waals surface area contributed by atoms with Gasteiger partial charge in [0.15, 0.2) is 11.0 Å². The highest BCUT2D eigenvalue weighted by Gasteiger charge is 2.21. The molecule has 0 aliphatic heterocycles. The largest absolute Gasteiger partial charge is 0.352 e. The van der Waals surface area contributed by atoms with Gasteiger partial charge in [-0.2, -0.15) is 0 Å². The van der Waals surface area contributed by atoms with E-state index >= 15 is 0 Å². The monoisotopic (exact) mass is 398 g/mol. The van der Waals surface area contributed by atoms with Crippen LogP contribution in [0, 0.1) is 0 Å². The van der Waals surface area contributed by atoms with Crippen LogP contribution >= 0.6 is 23.4 Å². The minimum Gasteiger partial charge on any atom is -0.352 e. The molecular weight excluding hydrogens is 380 g/mol. The van der Waals surface area contributed by atoms with Crippen molar-refractivity contribution in [2.24, 2.45) is 0 Å². The van der Waals surface area contributed by atoms with Crippen LogP contribution in [-0.4, -0.2) is 32.5 Å². The maximum Gasteiger partial charge on any atom is 0.233 e. The number of hydrogen-bond acceptors (Lipinski definition) is 4. The number of thioether (sulfide) groups is 1. The van der Waals surface area contributed by atoms with E-state index in [9.17, 15) is 4.79 Å². The number of carbonyl (C=O) groups is 1. The van der Waals surface area contributed by atoms with Crippen molar-refractivity contribution < 1.29 is 4.79 Å². The molecule has 0 saturated heterocycles. The first-order valence-electron chi connectivity index (χ1n) is 8.42. The minimum atomic E-state index is -0.330. The zero-order valence-electron chi connectivity index (χ0n) is 14.8. The van der Waals surface area contributed by atoms with Crippen LogP contribution in [0.2, 0.25) is 5.02 Å². The van der Waals surface area contributed by atoms with E-state index in [4.69, 9.17) is 11.6 Å². The number of rotatable bonds is 7. The van der Waals surface area contributed by atoms with Gasteiger partial charge in [-0.15, -0.1) is 16.8 Å². The highest BCUT2D eigenvalue weighted by molar-refractivity contribution is 8.00. The Hall–Kier alpha value is -2.57. The van der Waals surface area contributed by atoms with Crippen molar-refractivity contribution in [2.75, 3.05) is 6.54 Å². The molecule has 0 fully saturated rings. The van der Waals surface area contributed by atoms with E-state index in [1.54, 1.807) is 6.08 Å². The number of benzene rings is 2. The number of nitrogens with zero attached hydrogens (tertiary/aromatic N) is 3. The molecule has 7 heteroatoms. The fourth-order valence-electron chi connectivity index (χ4n) is 2.47. The van der Waals surface area contributed by atoms with Crippen LogP contribution in [0.3, 0.4) is 0 Å². The highest BCUT2D eigenvalue weighted by atomic mass is 35.5. The van der Waals surface area contributed by atoms with Gasteiger partial charge >= 0.3 is 0 Å². The molecule has 3 rings (SSSR count). The molecule has 0 bridgehead atoms. The Bertz CT molecular complexity index is 925. The van der Waals surface area contributed by atoms with E-state index in [-0.39, 0.29) is 11.2 Å². The molecule has 0 aliphatic rings. The van der Waals surface area contributed by atoms with Gasteiger partial charge in [-0.3, -0.25) is 9.36 Å². The maximum absolute atomic E-state index is 12.2. The average molecular weight is 399 g/mol. The van der Waals surface area contributed by atoms with Gasteiger partial charge in [0.2, 0.25) is 5.91 Å². The molecule has 1 N–H and O–H groups in total. The highest BCUT2D eigenvalue weighted by Crippen LogP contribution is 2.30. The summed E-state index contributed by atoms with van der Waals surface area (Å²) in [6.45, 7) is 5.89. The van der Waals surface area contributed by atoms with Crippen LogP contribution < -0.4 is 5.32 Å². The standard InChI is InChI=1S/C20H19ClN4OS/c1-3-13-22-19(26)14(2)27-20-24-23-18(15-7-5-4-6-8-15)25(20)17-11-9-16(21)10-12-17/h3-12,14H,1,13H2,2H3,(H,22,26). The van der Waals surface area contributed by atoms with E-state index in [0.717, 1.165) is 11.3 Å². The Labute approximate surface area is 167 Å². The first-order valence-corrected chi connectivity index (χ1v) is 9.68. The molecule has 1 aromatic heterocycles. The normalized spacial score (nSPS) is 11.8. The predicted octanol–water partition coefficient (Wildman–Crippen LogP) is 4.37. The van der Waals surface area contributed by atoms with Gasteiger partial charge in [-0.25, -0.2) is 0 Å². The van der Waals surface area contributed by atoms with E-state index in [1.807, 2.05) is 66.1 Å². The van der Waals surface area contributed by atoms with Crippen molar-refractivity contribution in [3.05, 3.63) is 72.3 Å². The summed E-state index contributed by atoms with van der Waals surface area (Å²) in [4.78, 5) is 12.2. The molecule has 138 valence electrons. The van der Waals surface area contributed by atoms with Gasteiger partial charge in [-0.1, -0.05) is 59.8 Å². The lowest BCUT2D eigenvalue weighted by Gasteiger charge is -2.13. The number of halogens is 1. The fourth-order valence-corrected chi connectivity index (χ4v) is 3.49. The number of carbonyl (C=O) groups excluding carboxylic acids is 1. The summed E-state index contributed by atoms with van der Waals surface area (Å²) >= 11 is 7.39. The first kappa shape index (κ1) is 19.2. The van der Waals surface area contributed by atoms with E-state index < -0.39 is 0 Å². The quantitative estimate of drug-likeness (QED) is 0.474. The topological polar surface area (TPSA) is 59.8 Å². The molecule has 1 atom stereocenters. The van der Waals surface area contributed by atoms with E-state index in [0.29, 0.717) is 22.5 Å². The third kappa shape index (κ3) is 4.59. The maximum atomic E-state index is 12.2. The average Bonchev–Trinajstić information content (AvgIpc) is 3.10. The zero-order chi connectivity index (χ0) is 19.2. The van der Waals surface area contributed by atoms with E-state index in [2.05, 4.69) is 22.1 Å². The van der Waals surface area contributed by atoms with Gasteiger partial charge in [0.1, 0.15) is 0 Å². The van der Waals surface area contributed by atoms with Crippen LogP contribution in [0.15, 0.2) is 72.4 Å². The molecule has 27 heavy (non-hydrogen) atoms. The lowest BCUT2D eigenvalue weighted by molar-refractivity contribution is -0.120. The molecule has 0 radical (unpaired) electrons. The van der Waals surface area contributed by atoms with E-state index in [1.165, 1.54) is 11.8 Å². The van der Waals surface area contributed by atoms with Crippen LogP contribution in [-0.2, 0) is 4.79 Å². The van der Waals surface area contributed by atoms with Crippen LogP contribution in [0.25, 0.3) is 17.1 Å². The summed E-state index contributed by atoms with van der Waals surface area (Å²) in [5.41, 5.74) is 1.82. The third-order valence-corrected chi connectivity index (χ3v) is 5.12. The molecule has 5 nitrogen and oxygen atoms in total. The molecule has 1 unspecified atom stereocenters. The van der Waals surface area contributed by atoms with Crippen molar-refractivity contribution in [3.63, 3.8) is 0 Å². The second kappa shape index (κ2) is 8.88. The summed E-state index contributed by atoms with van der Waals surface area (Å²) in [5.74, 6) is 0.630. The molecule has 0 spiro atoms. The lowest BCUT2D eigenvalue weighted by atomic mass is 10.2. The summed E-state index contributed by atoms with van der Waals surface area (Å²) in [7, 11) is 0. The van der Waals surface area contributed by atoms with Gasteiger partial charge in [0.05, 0.1) is 5.25 Å². The van der Waals surface area contributed by atoms with Crippen LogP contribution in [0.4, 0.5) is 0 Å². The Morgan fingerprint density at radius 1 is 1.22 bits per heavy atom. The first-order chi connectivity index (χ1) is 13.1. The number of amides is 1. The summed E-state index contributed by atoms with van der Waals surface area (Å²) < 4.78 is 1.94. The Morgan fingerprint density at radius 2 is 1.93 bits per heavy atom. The zero-order valence-corrected chi connectivity index (χ0v) is 16.4. The predicted molar refractivity (Wildman–Crippen MR) is 110 cm³/mol. The van der Waals surface area contributed by atoms with Crippen molar-refractivity contribution >= 4 is 29.3 Å². The van der Waals surface area contributed by atoms with Crippen LogP contribution in [0.1, 0.15) is 6.92 Å². The Morgan fingerprint density at radius 3 is 2.59 bits per heavy atom. The van der Waals surface area contributed by atoms with Crippen molar-refractivity contribution in [1.29, 1.82) is 0 Å². The Balaban J connectivity index is 1.99. The minimum absolute atomic E-state index is 0.0770. The third-order valence-electron chi connectivity index (χ3n) is 3.82. The molecule has 1 heterocycles. The van der Waals surface area contributed by atoms with Crippen molar-refractivity contribution in [1.82, 2.24) is 20.1 Å². The van der Waals surface area contributed by atoms with Crippen LogP contribution in [0.5, 0.6) is 0 Å². The summed E-state index contributed by atoms with van der Waals surface area (Å²) in [6, 6.07) is 17.3. The fraction of sp³-hybridized carbons (Fsp3) is 0.150.